The van der Waals surface area contributed by atoms with Gasteiger partial charge in [-0.05, 0) is 90.4 Å². The van der Waals surface area contributed by atoms with E-state index in [1.54, 1.807) is 0 Å². The number of nitrogens with zero attached hydrogens (tertiary/aromatic N) is 1. The van der Waals surface area contributed by atoms with Gasteiger partial charge in [0.15, 0.2) is 0 Å². The Morgan fingerprint density at radius 3 is 2.40 bits per heavy atom. The van der Waals surface area contributed by atoms with Gasteiger partial charge in [-0.2, -0.15) is 0 Å². The Balaban J connectivity index is 1.60. The van der Waals surface area contributed by atoms with Gasteiger partial charge in [-0.25, -0.2) is 0 Å². The van der Waals surface area contributed by atoms with Crippen LogP contribution in [0.25, 0.3) is 11.1 Å². The Bertz CT molecular complexity index is 1330. The molecule has 0 saturated carbocycles. The molecule has 0 heterocycles. The molecule has 0 fully saturated rings. The highest BCUT2D eigenvalue weighted by atomic mass is 35.5. The first-order valence-corrected chi connectivity index (χ1v) is 12.8. The Kier molecular flexibility index (Phi) is 7.46. The van der Waals surface area contributed by atoms with E-state index >= 15 is 0 Å². The monoisotopic (exact) mass is 475 g/mol. The van der Waals surface area contributed by atoms with Crippen molar-refractivity contribution in [2.75, 3.05) is 4.90 Å². The summed E-state index contributed by atoms with van der Waals surface area (Å²) in [6, 6.07) is 17.8. The molecular formula is C33H30ClN. The summed E-state index contributed by atoms with van der Waals surface area (Å²) >= 11 is 6.34. The average molecular weight is 476 g/mol. The normalized spacial score (nSPS) is 17.5. The fourth-order valence-corrected chi connectivity index (χ4v) is 4.85. The van der Waals surface area contributed by atoms with E-state index in [9.17, 15) is 0 Å². The summed E-state index contributed by atoms with van der Waals surface area (Å²) in [5.41, 5.74) is 8.60. The smallest absolute Gasteiger partial charge is 0.0464 e. The van der Waals surface area contributed by atoms with Crippen LogP contribution < -0.4 is 4.90 Å². The van der Waals surface area contributed by atoms with Gasteiger partial charge in [-0.3, -0.25) is 0 Å². The number of halogens is 1. The minimum atomic E-state index is 0.749. The minimum Gasteiger partial charge on any atom is -0.314 e. The van der Waals surface area contributed by atoms with Gasteiger partial charge in [0.05, 0.1) is 0 Å². The minimum absolute atomic E-state index is 0.749. The molecule has 0 aromatic heterocycles. The van der Waals surface area contributed by atoms with Crippen LogP contribution in [0.4, 0.5) is 11.4 Å². The number of anilines is 2. The lowest BCUT2D eigenvalue weighted by Gasteiger charge is -2.28. The highest BCUT2D eigenvalue weighted by Crippen LogP contribution is 2.36. The molecule has 35 heavy (non-hydrogen) atoms. The van der Waals surface area contributed by atoms with Gasteiger partial charge in [0.1, 0.15) is 0 Å². The van der Waals surface area contributed by atoms with Crippen LogP contribution in [0.1, 0.15) is 43.2 Å². The summed E-state index contributed by atoms with van der Waals surface area (Å²) in [5.74, 6) is 0. The van der Waals surface area contributed by atoms with Crippen molar-refractivity contribution in [1.82, 2.24) is 0 Å². The Morgan fingerprint density at radius 1 is 0.714 bits per heavy atom. The summed E-state index contributed by atoms with van der Waals surface area (Å²) in [4.78, 5) is 2.37. The lowest BCUT2D eigenvalue weighted by atomic mass is 9.99. The van der Waals surface area contributed by atoms with E-state index in [0.717, 1.165) is 42.1 Å². The topological polar surface area (TPSA) is 3.24 Å². The van der Waals surface area contributed by atoms with Crippen LogP contribution in [0.15, 0.2) is 132 Å². The van der Waals surface area contributed by atoms with Gasteiger partial charge < -0.3 is 4.90 Å². The van der Waals surface area contributed by atoms with E-state index < -0.39 is 0 Å². The molecule has 3 aliphatic carbocycles. The molecule has 5 rings (SSSR count). The van der Waals surface area contributed by atoms with Crippen molar-refractivity contribution >= 4 is 34.1 Å². The van der Waals surface area contributed by atoms with Crippen molar-refractivity contribution in [1.29, 1.82) is 0 Å². The average Bonchev–Trinajstić information content (AvgIpc) is 3.40. The molecule has 0 radical (unpaired) electrons. The van der Waals surface area contributed by atoms with E-state index in [1.807, 2.05) is 12.2 Å². The highest BCUT2D eigenvalue weighted by Gasteiger charge is 2.17. The molecule has 2 aromatic rings. The van der Waals surface area contributed by atoms with E-state index in [0.29, 0.717) is 0 Å². The summed E-state index contributed by atoms with van der Waals surface area (Å²) in [6.07, 6.45) is 31.1. The second-order valence-electron chi connectivity index (χ2n) is 8.95. The van der Waals surface area contributed by atoms with Gasteiger partial charge in [-0.15, -0.1) is 0 Å². The van der Waals surface area contributed by atoms with Crippen LogP contribution in [0.3, 0.4) is 0 Å². The third-order valence-corrected chi connectivity index (χ3v) is 6.72. The Morgan fingerprint density at radius 2 is 1.51 bits per heavy atom. The fraction of sp³-hybridized carbons (Fsp3) is 0.152. The van der Waals surface area contributed by atoms with Crippen LogP contribution in [0.2, 0.25) is 0 Å². The first-order valence-electron chi connectivity index (χ1n) is 12.4. The van der Waals surface area contributed by atoms with Gasteiger partial charge in [0.2, 0.25) is 0 Å². The molecule has 174 valence electrons. The van der Waals surface area contributed by atoms with Crippen molar-refractivity contribution in [3.63, 3.8) is 0 Å². The zero-order valence-electron chi connectivity index (χ0n) is 19.9. The molecular weight excluding hydrogens is 446 g/mol. The fourth-order valence-electron chi connectivity index (χ4n) is 4.69. The predicted octanol–water partition coefficient (Wildman–Crippen LogP) is 9.81. The molecule has 0 saturated heterocycles. The lowest BCUT2D eigenvalue weighted by Crippen LogP contribution is -2.16. The Labute approximate surface area is 214 Å². The Hall–Kier alpha value is -3.55. The first kappa shape index (κ1) is 23.2. The molecule has 0 spiro atoms. The highest BCUT2D eigenvalue weighted by molar-refractivity contribution is 6.31. The van der Waals surface area contributed by atoms with E-state index in [-0.39, 0.29) is 0 Å². The standard InChI is InChI=1S/C33H30ClN/c34-30-18-11-19-31(23-22-30)35(32-20-9-16-28(24-32)26-12-5-1-2-6-13-26)33-21-10-17-29(25-33)27-14-7-3-4-8-15-27/h1,3,5-7,9-14,16-18,20-25H,2,4,8,15,19H2. The van der Waals surface area contributed by atoms with Crippen molar-refractivity contribution in [2.45, 2.75) is 32.1 Å². The number of allylic oxidation sites excluding steroid dienone is 15. The van der Waals surface area contributed by atoms with Crippen LogP contribution in [0.5, 0.6) is 0 Å². The molecule has 3 aliphatic rings. The van der Waals surface area contributed by atoms with Gasteiger partial charge >= 0.3 is 0 Å². The van der Waals surface area contributed by atoms with Crippen molar-refractivity contribution < 1.29 is 0 Å². The van der Waals surface area contributed by atoms with Crippen molar-refractivity contribution in [2.24, 2.45) is 0 Å². The predicted molar refractivity (Wildman–Crippen MR) is 153 cm³/mol. The summed E-state index contributed by atoms with van der Waals surface area (Å²) in [5, 5.41) is 0.749. The molecule has 0 atom stereocenters. The number of hydrogen-bond donors (Lipinski definition) is 0. The zero-order chi connectivity index (χ0) is 23.9. The third kappa shape index (κ3) is 5.75. The van der Waals surface area contributed by atoms with Crippen LogP contribution in [0, 0.1) is 0 Å². The second-order valence-corrected chi connectivity index (χ2v) is 9.39. The quantitative estimate of drug-likeness (QED) is 0.415. The third-order valence-electron chi connectivity index (χ3n) is 6.47. The van der Waals surface area contributed by atoms with Gasteiger partial charge in [0.25, 0.3) is 0 Å². The van der Waals surface area contributed by atoms with Crippen molar-refractivity contribution in [3.8, 4) is 0 Å². The summed E-state index contributed by atoms with van der Waals surface area (Å²) in [6.45, 7) is 0. The number of hydrogen-bond acceptors (Lipinski definition) is 1. The lowest BCUT2D eigenvalue weighted by molar-refractivity contribution is 0.886. The van der Waals surface area contributed by atoms with Crippen LogP contribution in [-0.2, 0) is 0 Å². The molecule has 0 amide bonds. The summed E-state index contributed by atoms with van der Waals surface area (Å²) in [7, 11) is 0. The zero-order valence-corrected chi connectivity index (χ0v) is 20.7. The first-order chi connectivity index (χ1) is 17.3. The van der Waals surface area contributed by atoms with E-state index in [1.165, 1.54) is 34.4 Å². The SMILES string of the molecule is ClC1=CC=C(N(c2cccc(C3=CC=CCC=C3)c2)c2cccc(C3=CC=CCCC3)c2)CC=C1. The van der Waals surface area contributed by atoms with Gasteiger partial charge in [0, 0.05) is 28.5 Å². The molecule has 0 aliphatic heterocycles. The van der Waals surface area contributed by atoms with Crippen LogP contribution in [-0.4, -0.2) is 0 Å². The molecule has 0 N–H and O–H groups in total. The van der Waals surface area contributed by atoms with Crippen molar-refractivity contribution in [3.05, 3.63) is 143 Å². The number of rotatable bonds is 5. The molecule has 0 unspecified atom stereocenters. The largest absolute Gasteiger partial charge is 0.314 e. The maximum atomic E-state index is 6.34. The summed E-state index contributed by atoms with van der Waals surface area (Å²) < 4.78 is 0. The van der Waals surface area contributed by atoms with Crippen LogP contribution >= 0.6 is 11.6 Å². The number of benzene rings is 2. The molecule has 2 aromatic carbocycles. The molecule has 2 heteroatoms. The van der Waals surface area contributed by atoms with Gasteiger partial charge in [-0.1, -0.05) is 90.6 Å². The van der Waals surface area contributed by atoms with E-state index in [2.05, 4.69) is 114 Å². The molecule has 1 nitrogen and oxygen atoms in total. The molecule has 0 bridgehead atoms. The van der Waals surface area contributed by atoms with E-state index in [4.69, 9.17) is 11.6 Å². The second kappa shape index (κ2) is 11.3. The maximum absolute atomic E-state index is 6.34. The maximum Gasteiger partial charge on any atom is 0.0464 e.